The Morgan fingerprint density at radius 1 is 1.25 bits per heavy atom. The van der Waals surface area contributed by atoms with Crippen molar-refractivity contribution in [2.24, 2.45) is 0 Å². The van der Waals surface area contributed by atoms with E-state index in [2.05, 4.69) is 5.32 Å². The van der Waals surface area contributed by atoms with Crippen molar-refractivity contribution in [1.29, 1.82) is 0 Å². The summed E-state index contributed by atoms with van der Waals surface area (Å²) >= 11 is 0. The number of carboxylic acids is 1. The van der Waals surface area contributed by atoms with Gasteiger partial charge in [-0.1, -0.05) is 24.3 Å². The Hall–Kier alpha value is -1.88. The van der Waals surface area contributed by atoms with Gasteiger partial charge in [0.1, 0.15) is 6.04 Å². The van der Waals surface area contributed by atoms with Gasteiger partial charge in [-0.05, 0) is 30.5 Å². The maximum atomic E-state index is 12.5. The van der Waals surface area contributed by atoms with Gasteiger partial charge < -0.3 is 15.3 Å². The smallest absolute Gasteiger partial charge is 0.326 e. The fourth-order valence-corrected chi connectivity index (χ4v) is 3.07. The zero-order chi connectivity index (χ0) is 14.1. The van der Waals surface area contributed by atoms with Gasteiger partial charge in [0, 0.05) is 13.0 Å². The van der Waals surface area contributed by atoms with Crippen molar-refractivity contribution >= 4 is 11.9 Å². The van der Waals surface area contributed by atoms with E-state index in [0.29, 0.717) is 13.0 Å². The third kappa shape index (κ3) is 2.29. The molecule has 2 N–H and O–H groups in total. The summed E-state index contributed by atoms with van der Waals surface area (Å²) in [6, 6.07) is 6.78. The molecular formula is C15H18N2O3. The van der Waals surface area contributed by atoms with Gasteiger partial charge >= 0.3 is 5.97 Å². The minimum absolute atomic E-state index is 0.0793. The molecule has 5 nitrogen and oxygen atoms in total. The Morgan fingerprint density at radius 3 is 2.65 bits per heavy atom. The number of carboxylic acid groups (broad SMARTS) is 1. The lowest BCUT2D eigenvalue weighted by atomic mass is 9.93. The average molecular weight is 274 g/mol. The molecule has 5 heteroatoms. The van der Waals surface area contributed by atoms with Gasteiger partial charge in [-0.25, -0.2) is 4.79 Å². The van der Waals surface area contributed by atoms with E-state index >= 15 is 0 Å². The molecule has 1 aromatic carbocycles. The topological polar surface area (TPSA) is 69.6 Å². The summed E-state index contributed by atoms with van der Waals surface area (Å²) in [6.45, 7) is 1.22. The molecule has 1 amide bonds. The van der Waals surface area contributed by atoms with Crippen molar-refractivity contribution in [3.8, 4) is 0 Å². The highest BCUT2D eigenvalue weighted by atomic mass is 16.4. The highest BCUT2D eigenvalue weighted by Gasteiger charge is 2.37. The first kappa shape index (κ1) is 13.1. The van der Waals surface area contributed by atoms with Crippen LogP contribution in [-0.4, -0.2) is 40.5 Å². The lowest BCUT2D eigenvalue weighted by Gasteiger charge is -2.36. The number of aliphatic carboxylic acids is 1. The number of carbonyl (C=O) groups is 2. The van der Waals surface area contributed by atoms with E-state index in [1.165, 1.54) is 4.90 Å². The molecule has 0 saturated carbocycles. The largest absolute Gasteiger partial charge is 0.480 e. The first-order valence-electron chi connectivity index (χ1n) is 7.00. The number of hydrogen-bond donors (Lipinski definition) is 2. The molecule has 3 rings (SSSR count). The number of amides is 1. The van der Waals surface area contributed by atoms with E-state index in [-0.39, 0.29) is 11.9 Å². The van der Waals surface area contributed by atoms with E-state index in [9.17, 15) is 14.7 Å². The number of carbonyl (C=O) groups excluding carboxylic acids is 1. The molecule has 2 heterocycles. The lowest BCUT2D eigenvalue weighted by Crippen LogP contribution is -2.53. The third-order valence-electron chi connectivity index (χ3n) is 4.18. The summed E-state index contributed by atoms with van der Waals surface area (Å²) in [4.78, 5) is 25.5. The molecule has 0 radical (unpaired) electrons. The second-order valence-corrected chi connectivity index (χ2v) is 5.44. The number of hydrogen-bond acceptors (Lipinski definition) is 3. The molecule has 0 bridgehead atoms. The van der Waals surface area contributed by atoms with Crippen LogP contribution in [0.15, 0.2) is 24.3 Å². The summed E-state index contributed by atoms with van der Waals surface area (Å²) in [5.41, 5.74) is 2.08. The molecule has 1 aromatic rings. The van der Waals surface area contributed by atoms with Gasteiger partial charge in [0.2, 0.25) is 5.91 Å². The van der Waals surface area contributed by atoms with E-state index in [1.807, 2.05) is 24.3 Å². The van der Waals surface area contributed by atoms with Crippen LogP contribution in [0.3, 0.4) is 0 Å². The van der Waals surface area contributed by atoms with Crippen LogP contribution in [0.25, 0.3) is 0 Å². The number of benzene rings is 1. The fourth-order valence-electron chi connectivity index (χ4n) is 3.07. The molecule has 2 aliphatic rings. The predicted octanol–water partition coefficient (Wildman–Crippen LogP) is 0.776. The minimum atomic E-state index is -0.925. The fraction of sp³-hybridized carbons (Fsp3) is 0.467. The summed E-state index contributed by atoms with van der Waals surface area (Å²) in [5, 5.41) is 12.6. The van der Waals surface area contributed by atoms with Crippen LogP contribution >= 0.6 is 0 Å². The maximum absolute atomic E-state index is 12.5. The zero-order valence-electron chi connectivity index (χ0n) is 11.2. The molecule has 0 spiro atoms. The van der Waals surface area contributed by atoms with Crippen LogP contribution < -0.4 is 5.32 Å². The molecular weight excluding hydrogens is 256 g/mol. The molecule has 0 aliphatic carbocycles. The zero-order valence-corrected chi connectivity index (χ0v) is 11.2. The average Bonchev–Trinajstić information content (AvgIpc) is 2.99. The van der Waals surface area contributed by atoms with Gasteiger partial charge in [0.25, 0.3) is 0 Å². The monoisotopic (exact) mass is 274 g/mol. The molecule has 0 aromatic heterocycles. The second-order valence-electron chi connectivity index (χ2n) is 5.44. The van der Waals surface area contributed by atoms with Crippen molar-refractivity contribution in [1.82, 2.24) is 10.2 Å². The van der Waals surface area contributed by atoms with Crippen molar-refractivity contribution in [2.75, 3.05) is 6.54 Å². The van der Waals surface area contributed by atoms with Crippen molar-refractivity contribution in [3.05, 3.63) is 35.4 Å². The Bertz CT molecular complexity index is 538. The summed E-state index contributed by atoms with van der Waals surface area (Å²) in [7, 11) is 0. The normalized spacial score (nSPS) is 25.3. The SMILES string of the molecule is O=C(O)C1Cc2ccccc2CN1C(=O)[C@H]1CCCN1. The van der Waals surface area contributed by atoms with Crippen LogP contribution in [-0.2, 0) is 22.6 Å². The molecule has 2 aliphatic heterocycles. The van der Waals surface area contributed by atoms with Gasteiger partial charge in [0.15, 0.2) is 0 Å². The summed E-state index contributed by atoms with van der Waals surface area (Å²) in [6.07, 6.45) is 2.16. The Kier molecular flexibility index (Phi) is 3.44. The Morgan fingerprint density at radius 2 is 2.00 bits per heavy atom. The first-order valence-corrected chi connectivity index (χ1v) is 7.00. The number of rotatable bonds is 2. The van der Waals surface area contributed by atoms with E-state index in [4.69, 9.17) is 0 Å². The number of nitrogens with one attached hydrogen (secondary N) is 1. The second kappa shape index (κ2) is 5.25. The van der Waals surface area contributed by atoms with Gasteiger partial charge in [0.05, 0.1) is 6.04 Å². The number of nitrogens with zero attached hydrogens (tertiary/aromatic N) is 1. The van der Waals surface area contributed by atoms with E-state index in [0.717, 1.165) is 30.5 Å². The maximum Gasteiger partial charge on any atom is 0.326 e. The molecule has 20 heavy (non-hydrogen) atoms. The molecule has 1 unspecified atom stereocenters. The summed E-state index contributed by atoms with van der Waals surface area (Å²) in [5.74, 6) is -1.00. The third-order valence-corrected chi connectivity index (χ3v) is 4.18. The Balaban J connectivity index is 1.88. The highest BCUT2D eigenvalue weighted by molar-refractivity contribution is 5.88. The van der Waals surface area contributed by atoms with Crippen LogP contribution in [0.2, 0.25) is 0 Å². The lowest BCUT2D eigenvalue weighted by molar-refractivity contribution is -0.152. The molecule has 1 saturated heterocycles. The van der Waals surface area contributed by atoms with Crippen LogP contribution in [0.5, 0.6) is 0 Å². The van der Waals surface area contributed by atoms with Gasteiger partial charge in [-0.2, -0.15) is 0 Å². The van der Waals surface area contributed by atoms with E-state index in [1.54, 1.807) is 0 Å². The van der Waals surface area contributed by atoms with Crippen molar-refractivity contribution in [2.45, 2.75) is 37.9 Å². The van der Waals surface area contributed by atoms with Crippen LogP contribution in [0.4, 0.5) is 0 Å². The molecule has 2 atom stereocenters. The quantitative estimate of drug-likeness (QED) is 0.836. The van der Waals surface area contributed by atoms with Gasteiger partial charge in [-0.3, -0.25) is 4.79 Å². The predicted molar refractivity (Wildman–Crippen MR) is 73.1 cm³/mol. The summed E-state index contributed by atoms with van der Waals surface area (Å²) < 4.78 is 0. The van der Waals surface area contributed by atoms with E-state index < -0.39 is 12.0 Å². The van der Waals surface area contributed by atoms with Gasteiger partial charge in [-0.15, -0.1) is 0 Å². The molecule has 1 fully saturated rings. The standard InChI is InChI=1S/C15H18N2O3/c18-14(12-6-3-7-16-12)17-9-11-5-2-1-4-10(11)8-13(17)15(19)20/h1-2,4-5,12-13,16H,3,6-9H2,(H,19,20)/t12-,13?/m1/s1. The Labute approximate surface area is 117 Å². The highest BCUT2D eigenvalue weighted by Crippen LogP contribution is 2.25. The van der Waals surface area contributed by atoms with Crippen LogP contribution in [0, 0.1) is 0 Å². The number of fused-ring (bicyclic) bond motifs is 1. The minimum Gasteiger partial charge on any atom is -0.480 e. The van der Waals surface area contributed by atoms with Crippen molar-refractivity contribution < 1.29 is 14.7 Å². The first-order chi connectivity index (χ1) is 9.66. The van der Waals surface area contributed by atoms with Crippen molar-refractivity contribution in [3.63, 3.8) is 0 Å². The van der Waals surface area contributed by atoms with Crippen LogP contribution in [0.1, 0.15) is 24.0 Å². The molecule has 106 valence electrons.